The first-order chi connectivity index (χ1) is 6.76. The standard InChI is InChI=1S/C10H20N2O2/c1-2-3-4-5-12-6-9(8-13)11-10(14)7-12/h9,13H,2-8H2,1H3,(H,11,14). The monoisotopic (exact) mass is 200 g/mol. The van der Waals surface area contributed by atoms with E-state index in [1.807, 2.05) is 0 Å². The number of nitrogens with one attached hydrogen (secondary N) is 1. The van der Waals surface area contributed by atoms with Crippen molar-refractivity contribution in [2.45, 2.75) is 32.2 Å². The summed E-state index contributed by atoms with van der Waals surface area (Å²) in [6.07, 6.45) is 3.55. The Kier molecular flexibility index (Phi) is 4.90. The fourth-order valence-electron chi connectivity index (χ4n) is 1.76. The molecule has 0 aromatic heterocycles. The van der Waals surface area contributed by atoms with Gasteiger partial charge in [0.1, 0.15) is 0 Å². The molecule has 0 spiro atoms. The lowest BCUT2D eigenvalue weighted by Gasteiger charge is -2.31. The fraction of sp³-hybridized carbons (Fsp3) is 0.900. The van der Waals surface area contributed by atoms with E-state index in [9.17, 15) is 4.79 Å². The van der Waals surface area contributed by atoms with Gasteiger partial charge < -0.3 is 10.4 Å². The average molecular weight is 200 g/mol. The summed E-state index contributed by atoms with van der Waals surface area (Å²) in [5.41, 5.74) is 0. The average Bonchev–Trinajstić information content (AvgIpc) is 2.17. The Morgan fingerprint density at radius 1 is 1.57 bits per heavy atom. The highest BCUT2D eigenvalue weighted by Crippen LogP contribution is 2.03. The third kappa shape index (κ3) is 3.64. The first kappa shape index (κ1) is 11.5. The number of hydrogen-bond donors (Lipinski definition) is 2. The molecule has 1 fully saturated rings. The second kappa shape index (κ2) is 5.98. The smallest absolute Gasteiger partial charge is 0.234 e. The first-order valence-corrected chi connectivity index (χ1v) is 5.38. The van der Waals surface area contributed by atoms with Gasteiger partial charge in [0.25, 0.3) is 0 Å². The van der Waals surface area contributed by atoms with Crippen LogP contribution in [0.25, 0.3) is 0 Å². The van der Waals surface area contributed by atoms with Gasteiger partial charge in [0.2, 0.25) is 5.91 Å². The van der Waals surface area contributed by atoms with E-state index >= 15 is 0 Å². The fourth-order valence-corrected chi connectivity index (χ4v) is 1.76. The molecule has 14 heavy (non-hydrogen) atoms. The molecule has 0 aliphatic carbocycles. The summed E-state index contributed by atoms with van der Waals surface area (Å²) in [6, 6.07) is -0.0714. The second-order valence-corrected chi connectivity index (χ2v) is 3.89. The minimum Gasteiger partial charge on any atom is -0.394 e. The Hall–Kier alpha value is -0.610. The van der Waals surface area contributed by atoms with E-state index < -0.39 is 0 Å². The molecule has 1 unspecified atom stereocenters. The molecule has 1 saturated heterocycles. The summed E-state index contributed by atoms with van der Waals surface area (Å²) >= 11 is 0. The largest absolute Gasteiger partial charge is 0.394 e. The van der Waals surface area contributed by atoms with Crippen LogP contribution in [0.4, 0.5) is 0 Å². The van der Waals surface area contributed by atoms with Gasteiger partial charge in [-0.3, -0.25) is 9.69 Å². The molecule has 4 heteroatoms. The number of rotatable bonds is 5. The van der Waals surface area contributed by atoms with Crippen LogP contribution in [0.3, 0.4) is 0 Å². The number of hydrogen-bond acceptors (Lipinski definition) is 3. The summed E-state index contributed by atoms with van der Waals surface area (Å²) in [4.78, 5) is 13.3. The Bertz CT molecular complexity index is 185. The highest BCUT2D eigenvalue weighted by Gasteiger charge is 2.22. The normalized spacial score (nSPS) is 23.6. The van der Waals surface area contributed by atoms with Gasteiger partial charge in [0.05, 0.1) is 19.2 Å². The third-order valence-electron chi connectivity index (χ3n) is 2.51. The van der Waals surface area contributed by atoms with Gasteiger partial charge >= 0.3 is 0 Å². The number of unbranched alkanes of at least 4 members (excludes halogenated alkanes) is 2. The number of carbonyl (C=O) groups is 1. The quantitative estimate of drug-likeness (QED) is 0.613. The van der Waals surface area contributed by atoms with Crippen LogP contribution in [0.15, 0.2) is 0 Å². The predicted molar refractivity (Wildman–Crippen MR) is 55.0 cm³/mol. The van der Waals surface area contributed by atoms with Gasteiger partial charge in [0, 0.05) is 6.54 Å². The molecule has 0 radical (unpaired) electrons. The van der Waals surface area contributed by atoms with Gasteiger partial charge in [-0.1, -0.05) is 19.8 Å². The lowest BCUT2D eigenvalue weighted by atomic mass is 10.2. The van der Waals surface area contributed by atoms with Crippen LogP contribution in [0.2, 0.25) is 0 Å². The van der Waals surface area contributed by atoms with Gasteiger partial charge in [-0.05, 0) is 13.0 Å². The summed E-state index contributed by atoms with van der Waals surface area (Å²) in [6.45, 7) is 4.44. The predicted octanol–water partition coefficient (Wildman–Crippen LogP) is -0.0307. The summed E-state index contributed by atoms with van der Waals surface area (Å²) < 4.78 is 0. The zero-order valence-corrected chi connectivity index (χ0v) is 8.83. The van der Waals surface area contributed by atoms with Gasteiger partial charge in [-0.2, -0.15) is 0 Å². The van der Waals surface area contributed by atoms with E-state index in [2.05, 4.69) is 17.1 Å². The van der Waals surface area contributed by atoms with Crippen LogP contribution in [0, 0.1) is 0 Å². The van der Waals surface area contributed by atoms with Crippen molar-refractivity contribution in [1.82, 2.24) is 10.2 Å². The third-order valence-corrected chi connectivity index (χ3v) is 2.51. The highest BCUT2D eigenvalue weighted by atomic mass is 16.3. The number of carbonyl (C=O) groups excluding carboxylic acids is 1. The van der Waals surface area contributed by atoms with Crippen molar-refractivity contribution in [3.63, 3.8) is 0 Å². The molecule has 0 bridgehead atoms. The van der Waals surface area contributed by atoms with Crippen molar-refractivity contribution in [2.75, 3.05) is 26.2 Å². The summed E-state index contributed by atoms with van der Waals surface area (Å²) in [5, 5.41) is 11.7. The molecular formula is C10H20N2O2. The Morgan fingerprint density at radius 3 is 3.00 bits per heavy atom. The Morgan fingerprint density at radius 2 is 2.36 bits per heavy atom. The van der Waals surface area contributed by atoms with Crippen molar-refractivity contribution in [3.8, 4) is 0 Å². The molecular weight excluding hydrogens is 180 g/mol. The van der Waals surface area contributed by atoms with E-state index in [0.717, 1.165) is 19.5 Å². The molecule has 0 aromatic rings. The number of nitrogens with zero attached hydrogens (tertiary/aromatic N) is 1. The van der Waals surface area contributed by atoms with Crippen LogP contribution in [-0.4, -0.2) is 48.2 Å². The van der Waals surface area contributed by atoms with E-state index in [1.54, 1.807) is 0 Å². The van der Waals surface area contributed by atoms with E-state index in [-0.39, 0.29) is 18.6 Å². The maximum absolute atomic E-state index is 11.2. The number of piperazine rings is 1. The van der Waals surface area contributed by atoms with Crippen LogP contribution >= 0.6 is 0 Å². The van der Waals surface area contributed by atoms with Crippen LogP contribution in [-0.2, 0) is 4.79 Å². The van der Waals surface area contributed by atoms with Gasteiger partial charge in [-0.25, -0.2) is 0 Å². The van der Waals surface area contributed by atoms with E-state index in [4.69, 9.17) is 5.11 Å². The van der Waals surface area contributed by atoms with Crippen molar-refractivity contribution < 1.29 is 9.90 Å². The Labute approximate surface area is 85.3 Å². The van der Waals surface area contributed by atoms with Crippen LogP contribution in [0.1, 0.15) is 26.2 Å². The molecule has 4 nitrogen and oxygen atoms in total. The van der Waals surface area contributed by atoms with Crippen LogP contribution < -0.4 is 5.32 Å². The zero-order valence-electron chi connectivity index (χ0n) is 8.83. The maximum atomic E-state index is 11.2. The second-order valence-electron chi connectivity index (χ2n) is 3.89. The SMILES string of the molecule is CCCCCN1CC(=O)NC(CO)C1. The van der Waals surface area contributed by atoms with E-state index in [1.165, 1.54) is 12.8 Å². The molecule has 1 aliphatic heterocycles. The molecule has 82 valence electrons. The lowest BCUT2D eigenvalue weighted by molar-refractivity contribution is -0.126. The maximum Gasteiger partial charge on any atom is 0.234 e. The minimum atomic E-state index is -0.0714. The first-order valence-electron chi connectivity index (χ1n) is 5.38. The molecule has 0 aromatic carbocycles. The minimum absolute atomic E-state index is 0.0341. The van der Waals surface area contributed by atoms with Crippen molar-refractivity contribution >= 4 is 5.91 Å². The topological polar surface area (TPSA) is 52.6 Å². The molecule has 1 amide bonds. The van der Waals surface area contributed by atoms with Gasteiger partial charge in [-0.15, -0.1) is 0 Å². The Balaban J connectivity index is 2.26. The van der Waals surface area contributed by atoms with Crippen LogP contribution in [0.5, 0.6) is 0 Å². The summed E-state index contributed by atoms with van der Waals surface area (Å²) in [7, 11) is 0. The van der Waals surface area contributed by atoms with Crippen molar-refractivity contribution in [3.05, 3.63) is 0 Å². The van der Waals surface area contributed by atoms with Gasteiger partial charge in [0.15, 0.2) is 0 Å². The number of amides is 1. The molecule has 1 rings (SSSR count). The molecule has 2 N–H and O–H groups in total. The van der Waals surface area contributed by atoms with E-state index in [0.29, 0.717) is 6.54 Å². The number of aliphatic hydroxyl groups is 1. The molecule has 1 aliphatic rings. The lowest BCUT2D eigenvalue weighted by Crippen LogP contribution is -2.55. The number of aliphatic hydroxyl groups excluding tert-OH is 1. The van der Waals surface area contributed by atoms with Crippen molar-refractivity contribution in [1.29, 1.82) is 0 Å². The molecule has 1 heterocycles. The van der Waals surface area contributed by atoms with Crippen molar-refractivity contribution in [2.24, 2.45) is 0 Å². The summed E-state index contributed by atoms with van der Waals surface area (Å²) in [5.74, 6) is 0.0341. The molecule has 0 saturated carbocycles. The zero-order chi connectivity index (χ0) is 10.4. The highest BCUT2D eigenvalue weighted by molar-refractivity contribution is 5.79. The molecule has 1 atom stereocenters.